The molecule has 0 heterocycles. The molecule has 0 radical (unpaired) electrons. The first-order valence-electron chi connectivity index (χ1n) is 5.70. The lowest BCUT2D eigenvalue weighted by atomic mass is 9.71. The van der Waals surface area contributed by atoms with Gasteiger partial charge >= 0.3 is 0 Å². The molecule has 1 heteroatoms. The lowest BCUT2D eigenvalue weighted by molar-refractivity contribution is 0.258. The lowest BCUT2D eigenvalue weighted by Crippen LogP contribution is -2.24. The van der Waals surface area contributed by atoms with Crippen molar-refractivity contribution in [2.45, 2.75) is 40.0 Å². The van der Waals surface area contributed by atoms with E-state index in [9.17, 15) is 0 Å². The van der Waals surface area contributed by atoms with Crippen LogP contribution in [0.3, 0.4) is 0 Å². The molecule has 0 spiro atoms. The van der Waals surface area contributed by atoms with Gasteiger partial charge in [0.25, 0.3) is 0 Å². The van der Waals surface area contributed by atoms with Crippen molar-refractivity contribution in [3.8, 4) is 0 Å². The molecule has 0 aromatic heterocycles. The van der Waals surface area contributed by atoms with Crippen molar-refractivity contribution in [2.24, 2.45) is 17.1 Å². The van der Waals surface area contributed by atoms with Crippen molar-refractivity contribution in [1.82, 2.24) is 0 Å². The Morgan fingerprint density at radius 1 is 1.57 bits per heavy atom. The highest BCUT2D eigenvalue weighted by Gasteiger charge is 2.28. The molecule has 0 fully saturated rings. The first-order valence-corrected chi connectivity index (χ1v) is 5.70. The Bertz CT molecular complexity index is 240. The summed E-state index contributed by atoms with van der Waals surface area (Å²) < 4.78 is 0. The highest BCUT2D eigenvalue weighted by molar-refractivity contribution is 5.27. The third-order valence-corrected chi connectivity index (χ3v) is 3.57. The van der Waals surface area contributed by atoms with Gasteiger partial charge in [-0.15, -0.1) is 0 Å². The van der Waals surface area contributed by atoms with E-state index >= 15 is 0 Å². The maximum Gasteiger partial charge on any atom is 0.0174 e. The van der Waals surface area contributed by atoms with Crippen LogP contribution in [0.4, 0.5) is 0 Å². The summed E-state index contributed by atoms with van der Waals surface area (Å²) in [4.78, 5) is 0. The number of nitrogens with two attached hydrogens (primary N) is 1. The van der Waals surface area contributed by atoms with E-state index in [1.807, 2.05) is 0 Å². The zero-order chi connectivity index (χ0) is 10.6. The quantitative estimate of drug-likeness (QED) is 0.728. The van der Waals surface area contributed by atoms with Crippen molar-refractivity contribution in [3.63, 3.8) is 0 Å². The molecule has 0 saturated carbocycles. The molecular weight excluding hydrogens is 170 g/mol. The van der Waals surface area contributed by atoms with Gasteiger partial charge in [0.2, 0.25) is 0 Å². The predicted octanol–water partition coefficient (Wildman–Crippen LogP) is 3.27. The van der Waals surface area contributed by atoms with E-state index in [0.717, 1.165) is 12.3 Å². The molecule has 0 aromatic rings. The average Bonchev–Trinajstić information content (AvgIpc) is 2.19. The molecule has 1 nitrogen and oxygen atoms in total. The average molecular weight is 193 g/mol. The smallest absolute Gasteiger partial charge is 0.0174 e. The molecule has 14 heavy (non-hydrogen) atoms. The van der Waals surface area contributed by atoms with Gasteiger partial charge in [0.05, 0.1) is 0 Å². The van der Waals surface area contributed by atoms with E-state index < -0.39 is 0 Å². The van der Waals surface area contributed by atoms with Crippen molar-refractivity contribution in [2.75, 3.05) is 6.54 Å². The van der Waals surface area contributed by atoms with Crippen LogP contribution >= 0.6 is 0 Å². The van der Waals surface area contributed by atoms with Crippen molar-refractivity contribution >= 4 is 0 Å². The Balaban J connectivity index is 2.63. The molecule has 2 N–H and O–H groups in total. The summed E-state index contributed by atoms with van der Waals surface area (Å²) in [5.74, 6) is 0.763. The standard InChI is InChI=1S/C13H23N/c1-4-5-11(2)13(3)8-6-12(10-14)7-9-13/h6-8,11H,4-5,9-10,14H2,1-3H3. The van der Waals surface area contributed by atoms with Gasteiger partial charge in [-0.05, 0) is 23.3 Å². The van der Waals surface area contributed by atoms with E-state index in [1.54, 1.807) is 0 Å². The summed E-state index contributed by atoms with van der Waals surface area (Å²) in [5.41, 5.74) is 7.25. The van der Waals surface area contributed by atoms with E-state index in [-0.39, 0.29) is 0 Å². The molecule has 0 bridgehead atoms. The molecule has 2 atom stereocenters. The minimum absolute atomic E-state index is 0.356. The van der Waals surface area contributed by atoms with Crippen LogP contribution in [0, 0.1) is 11.3 Å². The lowest BCUT2D eigenvalue weighted by Gasteiger charge is -2.34. The fraction of sp³-hybridized carbons (Fsp3) is 0.692. The monoisotopic (exact) mass is 193 g/mol. The maximum absolute atomic E-state index is 5.61. The number of hydrogen-bond donors (Lipinski definition) is 1. The minimum atomic E-state index is 0.356. The largest absolute Gasteiger partial charge is 0.327 e. The Hall–Kier alpha value is -0.560. The zero-order valence-electron chi connectivity index (χ0n) is 9.72. The van der Waals surface area contributed by atoms with Gasteiger partial charge < -0.3 is 5.73 Å². The SMILES string of the molecule is CCCC(C)C1(C)C=CC(CN)=CC1. The Labute approximate surface area is 88.1 Å². The summed E-state index contributed by atoms with van der Waals surface area (Å²) >= 11 is 0. The first-order chi connectivity index (χ1) is 6.62. The van der Waals surface area contributed by atoms with Gasteiger partial charge in [-0.1, -0.05) is 51.8 Å². The molecule has 1 rings (SSSR count). The molecule has 80 valence electrons. The van der Waals surface area contributed by atoms with Gasteiger partial charge in [0.15, 0.2) is 0 Å². The normalized spacial score (nSPS) is 28.7. The van der Waals surface area contributed by atoms with Crippen LogP contribution in [0.2, 0.25) is 0 Å². The maximum atomic E-state index is 5.61. The topological polar surface area (TPSA) is 26.0 Å². The van der Waals surface area contributed by atoms with Crippen LogP contribution in [0.1, 0.15) is 40.0 Å². The second kappa shape index (κ2) is 4.79. The molecule has 1 aliphatic carbocycles. The Morgan fingerprint density at radius 2 is 2.29 bits per heavy atom. The van der Waals surface area contributed by atoms with Gasteiger partial charge in [0.1, 0.15) is 0 Å². The van der Waals surface area contributed by atoms with Gasteiger partial charge in [-0.25, -0.2) is 0 Å². The molecule has 0 amide bonds. The Morgan fingerprint density at radius 3 is 2.71 bits per heavy atom. The van der Waals surface area contributed by atoms with Gasteiger partial charge in [-0.2, -0.15) is 0 Å². The fourth-order valence-corrected chi connectivity index (χ4v) is 2.06. The van der Waals surface area contributed by atoms with Crippen molar-refractivity contribution in [1.29, 1.82) is 0 Å². The molecular formula is C13H23N. The van der Waals surface area contributed by atoms with Crippen LogP contribution in [0.5, 0.6) is 0 Å². The summed E-state index contributed by atoms with van der Waals surface area (Å²) in [6.45, 7) is 7.64. The third kappa shape index (κ3) is 2.48. The van der Waals surface area contributed by atoms with Crippen LogP contribution in [0.25, 0.3) is 0 Å². The summed E-state index contributed by atoms with van der Waals surface area (Å²) in [6, 6.07) is 0. The second-order valence-corrected chi connectivity index (χ2v) is 4.72. The third-order valence-electron chi connectivity index (χ3n) is 3.57. The van der Waals surface area contributed by atoms with Gasteiger partial charge in [0, 0.05) is 6.54 Å². The second-order valence-electron chi connectivity index (χ2n) is 4.72. The molecule has 1 aliphatic rings. The minimum Gasteiger partial charge on any atom is -0.327 e. The molecule has 0 aromatic carbocycles. The highest BCUT2D eigenvalue weighted by atomic mass is 14.5. The highest BCUT2D eigenvalue weighted by Crippen LogP contribution is 2.38. The van der Waals surface area contributed by atoms with Crippen molar-refractivity contribution in [3.05, 3.63) is 23.8 Å². The molecule has 0 saturated heterocycles. The number of rotatable bonds is 4. The Kier molecular flexibility index (Phi) is 3.94. The zero-order valence-corrected chi connectivity index (χ0v) is 9.72. The summed E-state index contributed by atoms with van der Waals surface area (Å²) in [7, 11) is 0. The predicted molar refractivity (Wildman–Crippen MR) is 63.1 cm³/mol. The summed E-state index contributed by atoms with van der Waals surface area (Å²) in [6.07, 6.45) is 10.6. The number of allylic oxidation sites excluding steroid dienone is 2. The van der Waals surface area contributed by atoms with Gasteiger partial charge in [-0.3, -0.25) is 0 Å². The van der Waals surface area contributed by atoms with E-state index in [2.05, 4.69) is 39.0 Å². The molecule has 2 unspecified atom stereocenters. The van der Waals surface area contributed by atoms with Crippen LogP contribution in [-0.4, -0.2) is 6.54 Å². The first kappa shape index (κ1) is 11.5. The summed E-state index contributed by atoms with van der Waals surface area (Å²) in [5, 5.41) is 0. The van der Waals surface area contributed by atoms with Crippen molar-refractivity contribution < 1.29 is 0 Å². The van der Waals surface area contributed by atoms with E-state index in [4.69, 9.17) is 5.73 Å². The van der Waals surface area contributed by atoms with E-state index in [1.165, 1.54) is 18.4 Å². The molecule has 0 aliphatic heterocycles. The van der Waals surface area contributed by atoms with Crippen LogP contribution < -0.4 is 5.73 Å². The van der Waals surface area contributed by atoms with Crippen LogP contribution in [0.15, 0.2) is 23.8 Å². The fourth-order valence-electron chi connectivity index (χ4n) is 2.06. The van der Waals surface area contributed by atoms with E-state index in [0.29, 0.717) is 12.0 Å². The van der Waals surface area contributed by atoms with Crippen LogP contribution in [-0.2, 0) is 0 Å². The number of hydrogen-bond acceptors (Lipinski definition) is 1.